The summed E-state index contributed by atoms with van der Waals surface area (Å²) in [7, 11) is 0. The summed E-state index contributed by atoms with van der Waals surface area (Å²) in [4.78, 5) is 24.9. The highest BCUT2D eigenvalue weighted by molar-refractivity contribution is 6.05. The normalized spacial score (nSPS) is 18.3. The molecular weight excluding hydrogens is 368 g/mol. The molecule has 6 nitrogen and oxygen atoms in total. The molecule has 0 radical (unpaired) electrons. The molecule has 0 spiro atoms. The zero-order valence-electron chi connectivity index (χ0n) is 16.6. The number of aryl methyl sites for hydroxylation is 1. The van der Waals surface area contributed by atoms with E-state index in [4.69, 9.17) is 9.47 Å². The second-order valence-electron chi connectivity index (χ2n) is 7.70. The highest BCUT2D eigenvalue weighted by Crippen LogP contribution is 2.22. The van der Waals surface area contributed by atoms with Crippen molar-refractivity contribution in [2.45, 2.75) is 44.8 Å². The van der Waals surface area contributed by atoms with Crippen LogP contribution in [0.15, 0.2) is 42.5 Å². The van der Waals surface area contributed by atoms with Crippen LogP contribution in [0.1, 0.15) is 52.0 Å². The van der Waals surface area contributed by atoms with Crippen LogP contribution >= 0.6 is 0 Å². The van der Waals surface area contributed by atoms with Crippen molar-refractivity contribution in [2.75, 3.05) is 18.5 Å². The van der Waals surface area contributed by atoms with Crippen molar-refractivity contribution in [3.8, 4) is 5.75 Å². The number of ether oxygens (including phenoxy) is 2. The summed E-state index contributed by atoms with van der Waals surface area (Å²) in [5.74, 6) is 0.390. The summed E-state index contributed by atoms with van der Waals surface area (Å²) in [6.07, 6.45) is 4.34. The van der Waals surface area contributed by atoms with E-state index in [0.717, 1.165) is 37.9 Å². The minimum Gasteiger partial charge on any atom is -0.491 e. The zero-order valence-corrected chi connectivity index (χ0v) is 16.6. The molecule has 1 aliphatic carbocycles. The Bertz CT molecular complexity index is 884. The number of carbonyl (C=O) groups excluding carboxylic acids is 2. The van der Waals surface area contributed by atoms with Gasteiger partial charge in [-0.3, -0.25) is 9.59 Å². The SMILES string of the molecule is Cc1ccc(C(=O)NC2CC2)cc1NC(=O)c1ccc(OCC2CCCO2)cc1. The molecule has 1 aliphatic heterocycles. The molecule has 1 saturated heterocycles. The van der Waals surface area contributed by atoms with Crippen LogP contribution in [0.3, 0.4) is 0 Å². The largest absolute Gasteiger partial charge is 0.491 e. The lowest BCUT2D eigenvalue weighted by molar-refractivity contribution is 0.0679. The summed E-state index contributed by atoms with van der Waals surface area (Å²) in [6, 6.07) is 12.7. The Morgan fingerprint density at radius 2 is 1.79 bits per heavy atom. The van der Waals surface area contributed by atoms with E-state index in [-0.39, 0.29) is 17.9 Å². The Labute approximate surface area is 170 Å². The van der Waals surface area contributed by atoms with E-state index in [1.807, 2.05) is 13.0 Å². The third-order valence-corrected chi connectivity index (χ3v) is 5.24. The number of hydrogen-bond acceptors (Lipinski definition) is 4. The number of amides is 2. The van der Waals surface area contributed by atoms with Crippen LogP contribution in [0.5, 0.6) is 5.75 Å². The molecule has 1 atom stereocenters. The molecule has 1 heterocycles. The molecule has 1 saturated carbocycles. The van der Waals surface area contributed by atoms with Gasteiger partial charge >= 0.3 is 0 Å². The first kappa shape index (κ1) is 19.5. The molecule has 6 heteroatoms. The van der Waals surface area contributed by atoms with Gasteiger partial charge in [0.15, 0.2) is 0 Å². The first-order valence-electron chi connectivity index (χ1n) is 10.2. The maximum absolute atomic E-state index is 12.6. The fourth-order valence-corrected chi connectivity index (χ4v) is 3.26. The van der Waals surface area contributed by atoms with Crippen molar-refractivity contribution in [1.82, 2.24) is 5.32 Å². The predicted molar refractivity (Wildman–Crippen MR) is 111 cm³/mol. The van der Waals surface area contributed by atoms with Gasteiger partial charge in [0, 0.05) is 29.5 Å². The lowest BCUT2D eigenvalue weighted by Crippen LogP contribution is -2.25. The number of hydrogen-bond donors (Lipinski definition) is 2. The van der Waals surface area contributed by atoms with E-state index >= 15 is 0 Å². The molecule has 2 aliphatic rings. The summed E-state index contributed by atoms with van der Waals surface area (Å²) >= 11 is 0. The summed E-state index contributed by atoms with van der Waals surface area (Å²) in [5.41, 5.74) is 2.62. The topological polar surface area (TPSA) is 76.7 Å². The Balaban J connectivity index is 1.37. The average Bonchev–Trinajstić information content (AvgIpc) is 3.38. The van der Waals surface area contributed by atoms with Gasteiger partial charge in [-0.25, -0.2) is 0 Å². The van der Waals surface area contributed by atoms with Crippen LogP contribution in [-0.2, 0) is 4.74 Å². The monoisotopic (exact) mass is 394 g/mol. The van der Waals surface area contributed by atoms with Gasteiger partial charge in [0.2, 0.25) is 0 Å². The average molecular weight is 394 g/mol. The van der Waals surface area contributed by atoms with Gasteiger partial charge in [0.1, 0.15) is 12.4 Å². The van der Waals surface area contributed by atoms with Crippen LogP contribution in [0.4, 0.5) is 5.69 Å². The fraction of sp³-hybridized carbons (Fsp3) is 0.391. The first-order valence-corrected chi connectivity index (χ1v) is 10.2. The lowest BCUT2D eigenvalue weighted by atomic mass is 10.1. The van der Waals surface area contributed by atoms with Crippen molar-refractivity contribution in [2.24, 2.45) is 0 Å². The second-order valence-corrected chi connectivity index (χ2v) is 7.70. The molecule has 0 aromatic heterocycles. The number of anilines is 1. The highest BCUT2D eigenvalue weighted by Gasteiger charge is 2.24. The van der Waals surface area contributed by atoms with Crippen LogP contribution in [0, 0.1) is 6.92 Å². The lowest BCUT2D eigenvalue weighted by Gasteiger charge is -2.13. The van der Waals surface area contributed by atoms with Gasteiger partial charge in [0.05, 0.1) is 6.10 Å². The molecule has 2 aromatic carbocycles. The summed E-state index contributed by atoms with van der Waals surface area (Å²) in [5, 5.41) is 5.87. The summed E-state index contributed by atoms with van der Waals surface area (Å²) in [6.45, 7) is 3.23. The molecule has 2 aromatic rings. The maximum Gasteiger partial charge on any atom is 0.255 e. The van der Waals surface area contributed by atoms with Crippen molar-refractivity contribution >= 4 is 17.5 Å². The highest BCUT2D eigenvalue weighted by atomic mass is 16.5. The number of nitrogens with one attached hydrogen (secondary N) is 2. The van der Waals surface area contributed by atoms with Gasteiger partial charge < -0.3 is 20.1 Å². The Hall–Kier alpha value is -2.86. The van der Waals surface area contributed by atoms with Gasteiger partial charge in [-0.2, -0.15) is 0 Å². The number of benzene rings is 2. The first-order chi connectivity index (χ1) is 14.1. The van der Waals surface area contributed by atoms with Crippen molar-refractivity contribution in [3.63, 3.8) is 0 Å². The Kier molecular flexibility index (Phi) is 5.81. The van der Waals surface area contributed by atoms with Gasteiger partial charge in [0.25, 0.3) is 11.8 Å². The molecule has 4 rings (SSSR count). The smallest absolute Gasteiger partial charge is 0.255 e. The minimum atomic E-state index is -0.224. The van der Waals surface area contributed by atoms with Crippen molar-refractivity contribution in [3.05, 3.63) is 59.2 Å². The Morgan fingerprint density at radius 1 is 1.03 bits per heavy atom. The molecule has 2 N–H and O–H groups in total. The van der Waals surface area contributed by atoms with Crippen LogP contribution in [0.2, 0.25) is 0 Å². The zero-order chi connectivity index (χ0) is 20.2. The van der Waals surface area contributed by atoms with Crippen molar-refractivity contribution < 1.29 is 19.1 Å². The third-order valence-electron chi connectivity index (χ3n) is 5.24. The number of carbonyl (C=O) groups is 2. The molecule has 2 amide bonds. The standard InChI is InChI=1S/C23H26N2O4/c1-15-4-5-17(23(27)24-18-8-9-18)13-21(15)25-22(26)16-6-10-19(11-7-16)29-14-20-3-2-12-28-20/h4-7,10-11,13,18,20H,2-3,8-9,12,14H2,1H3,(H,24,27)(H,25,26). The minimum absolute atomic E-state index is 0.101. The van der Waals surface area contributed by atoms with E-state index in [9.17, 15) is 9.59 Å². The van der Waals surface area contributed by atoms with Gasteiger partial charge in [-0.05, 0) is 74.6 Å². The van der Waals surface area contributed by atoms with E-state index in [1.54, 1.807) is 36.4 Å². The molecular formula is C23H26N2O4. The molecule has 152 valence electrons. The van der Waals surface area contributed by atoms with Gasteiger partial charge in [-0.1, -0.05) is 6.07 Å². The maximum atomic E-state index is 12.6. The van der Waals surface area contributed by atoms with Crippen LogP contribution in [0.25, 0.3) is 0 Å². The molecule has 29 heavy (non-hydrogen) atoms. The third kappa shape index (κ3) is 5.15. The predicted octanol–water partition coefficient (Wildman–Crippen LogP) is 3.70. The quantitative estimate of drug-likeness (QED) is 0.751. The molecule has 1 unspecified atom stereocenters. The number of rotatable bonds is 7. The van der Waals surface area contributed by atoms with Crippen LogP contribution in [-0.4, -0.2) is 37.2 Å². The second kappa shape index (κ2) is 8.66. The molecule has 0 bridgehead atoms. The van der Waals surface area contributed by atoms with Gasteiger partial charge in [-0.15, -0.1) is 0 Å². The van der Waals surface area contributed by atoms with E-state index < -0.39 is 0 Å². The van der Waals surface area contributed by atoms with E-state index in [0.29, 0.717) is 35.2 Å². The van der Waals surface area contributed by atoms with E-state index in [1.165, 1.54) is 0 Å². The van der Waals surface area contributed by atoms with Crippen molar-refractivity contribution in [1.29, 1.82) is 0 Å². The Morgan fingerprint density at radius 3 is 2.48 bits per heavy atom. The molecule has 2 fully saturated rings. The van der Waals surface area contributed by atoms with Crippen LogP contribution < -0.4 is 15.4 Å². The van der Waals surface area contributed by atoms with E-state index in [2.05, 4.69) is 10.6 Å². The summed E-state index contributed by atoms with van der Waals surface area (Å²) < 4.78 is 11.3. The fourth-order valence-electron chi connectivity index (χ4n) is 3.26.